The molecule has 0 bridgehead atoms. The topological polar surface area (TPSA) is 60.8 Å². The molecule has 0 saturated heterocycles. The van der Waals surface area contributed by atoms with Gasteiger partial charge in [0.15, 0.2) is 0 Å². The first-order valence-electron chi connectivity index (χ1n) is 10.2. The minimum absolute atomic E-state index is 0.0183. The van der Waals surface area contributed by atoms with Gasteiger partial charge in [0, 0.05) is 25.8 Å². The van der Waals surface area contributed by atoms with Gasteiger partial charge in [-0.05, 0) is 41.0 Å². The van der Waals surface area contributed by atoms with E-state index in [4.69, 9.17) is 46.4 Å². The smallest absolute Gasteiger partial charge is 0.207 e. The van der Waals surface area contributed by atoms with Crippen LogP contribution < -0.4 is 0 Å². The predicted molar refractivity (Wildman–Crippen MR) is 138 cm³/mol. The highest BCUT2D eigenvalue weighted by Crippen LogP contribution is 2.45. The Morgan fingerprint density at radius 3 is 1.76 bits per heavy atom. The highest BCUT2D eigenvalue weighted by Gasteiger charge is 2.25. The maximum Gasteiger partial charge on any atom is 0.207 e. The minimum atomic E-state index is -3.57. The van der Waals surface area contributed by atoms with Gasteiger partial charge in [0.25, 0.3) is 0 Å². The van der Waals surface area contributed by atoms with Gasteiger partial charge in [0.05, 0.1) is 32.4 Å². The second-order valence-electron chi connectivity index (χ2n) is 7.99. The third-order valence-corrected chi connectivity index (χ3v) is 8.35. The third kappa shape index (κ3) is 8.58. The predicted octanol–water partition coefficient (Wildman–Crippen LogP) is 7.13. The van der Waals surface area contributed by atoms with E-state index in [1.54, 1.807) is 36.4 Å². The molecule has 3 aromatic rings. The second kappa shape index (κ2) is 12.1. The van der Waals surface area contributed by atoms with Crippen LogP contribution in [0.2, 0.25) is 20.1 Å². The molecule has 2 atom stereocenters. The molecule has 0 aromatic heterocycles. The minimum Gasteiger partial charge on any atom is -0.391 e. The zero-order chi connectivity index (χ0) is 24.0. The van der Waals surface area contributed by atoms with Gasteiger partial charge in [0.1, 0.15) is 0 Å². The third-order valence-electron chi connectivity index (χ3n) is 5.02. The molecule has 3 aromatic carbocycles. The summed E-state index contributed by atoms with van der Waals surface area (Å²) < 4.78 is 12.8. The van der Waals surface area contributed by atoms with Crippen LogP contribution in [0.3, 0.4) is 0 Å². The van der Waals surface area contributed by atoms with Crippen LogP contribution in [-0.4, -0.2) is 33.7 Å². The molecule has 0 aliphatic rings. The first-order chi connectivity index (χ1) is 15.6. The molecule has 0 spiro atoms. The fourth-order valence-electron chi connectivity index (χ4n) is 3.60. The van der Waals surface area contributed by atoms with Crippen molar-refractivity contribution in [3.63, 3.8) is 0 Å². The summed E-state index contributed by atoms with van der Waals surface area (Å²) in [5.41, 5.74) is 2.56. The summed E-state index contributed by atoms with van der Waals surface area (Å²) in [5.74, 6) is 0. The summed E-state index contributed by atoms with van der Waals surface area (Å²) in [6.07, 6.45) is -1.19. The second-order valence-corrected chi connectivity index (χ2v) is 12.0. The van der Waals surface area contributed by atoms with Gasteiger partial charge in [-0.25, -0.2) is 0 Å². The molecular weight excluding hydrogens is 523 g/mol. The van der Waals surface area contributed by atoms with Crippen LogP contribution in [0.5, 0.6) is 0 Å². The number of rotatable bonds is 10. The SMILES string of the molecule is O=P(O)(Cc1ccccc1)C[C@H](O)CN(Cc1ccc(Cl)c(Cl)c1)Cc1ccc(Cl)c(Cl)c1. The van der Waals surface area contributed by atoms with Gasteiger partial charge in [-0.1, -0.05) is 88.9 Å². The van der Waals surface area contributed by atoms with Crippen molar-refractivity contribution < 1.29 is 14.6 Å². The number of hydrogen-bond donors (Lipinski definition) is 2. The van der Waals surface area contributed by atoms with Gasteiger partial charge < -0.3 is 10.00 Å². The van der Waals surface area contributed by atoms with Gasteiger partial charge in [-0.2, -0.15) is 0 Å². The monoisotopic (exact) mass is 545 g/mol. The van der Waals surface area contributed by atoms with Crippen molar-refractivity contribution >= 4 is 53.8 Å². The maximum atomic E-state index is 12.8. The highest BCUT2D eigenvalue weighted by atomic mass is 35.5. The Bertz CT molecular complexity index is 1080. The zero-order valence-electron chi connectivity index (χ0n) is 17.7. The number of benzene rings is 3. The quantitative estimate of drug-likeness (QED) is 0.265. The summed E-state index contributed by atoms with van der Waals surface area (Å²) in [7, 11) is -3.57. The Balaban J connectivity index is 1.73. The average molecular weight is 547 g/mol. The molecule has 4 nitrogen and oxygen atoms in total. The van der Waals surface area contributed by atoms with Crippen LogP contribution in [0.1, 0.15) is 16.7 Å². The van der Waals surface area contributed by atoms with E-state index in [2.05, 4.69) is 0 Å². The van der Waals surface area contributed by atoms with Crippen molar-refractivity contribution in [2.45, 2.75) is 25.4 Å². The standard InChI is InChI=1S/C24H24Cl4NO3P/c25-21-8-6-18(10-23(21)27)12-29(13-19-7-9-22(26)24(28)11-19)14-20(30)16-33(31,32)15-17-4-2-1-3-5-17/h1-11,20,30H,12-16H2,(H,31,32)/t20-/m1/s1. The van der Waals surface area contributed by atoms with Crippen molar-refractivity contribution in [2.24, 2.45) is 0 Å². The Morgan fingerprint density at radius 1 is 0.758 bits per heavy atom. The first-order valence-corrected chi connectivity index (χ1v) is 13.8. The summed E-state index contributed by atoms with van der Waals surface area (Å²) >= 11 is 24.4. The molecule has 9 heteroatoms. The van der Waals surface area contributed by atoms with Crippen molar-refractivity contribution in [1.82, 2.24) is 4.90 Å². The normalized spacial score (nSPS) is 14.3. The molecule has 0 heterocycles. The van der Waals surface area contributed by atoms with E-state index in [0.29, 0.717) is 33.2 Å². The lowest BCUT2D eigenvalue weighted by Crippen LogP contribution is -2.33. The van der Waals surface area contributed by atoms with Crippen LogP contribution >= 0.6 is 53.8 Å². The van der Waals surface area contributed by atoms with Gasteiger partial charge in [-0.3, -0.25) is 9.46 Å². The van der Waals surface area contributed by atoms with Gasteiger partial charge in [-0.15, -0.1) is 0 Å². The lowest BCUT2D eigenvalue weighted by molar-refractivity contribution is 0.118. The van der Waals surface area contributed by atoms with E-state index in [1.807, 2.05) is 35.2 Å². The summed E-state index contributed by atoms with van der Waals surface area (Å²) in [6, 6.07) is 19.8. The fourth-order valence-corrected chi connectivity index (χ4v) is 5.92. The van der Waals surface area contributed by atoms with E-state index in [1.165, 1.54) is 0 Å². The Morgan fingerprint density at radius 2 is 1.27 bits per heavy atom. The van der Waals surface area contributed by atoms with Crippen molar-refractivity contribution in [3.05, 3.63) is 104 Å². The van der Waals surface area contributed by atoms with Crippen molar-refractivity contribution in [1.29, 1.82) is 0 Å². The molecule has 176 valence electrons. The molecule has 3 rings (SSSR count). The first kappa shape index (κ1) is 26.5. The van der Waals surface area contributed by atoms with Crippen LogP contribution in [-0.2, 0) is 23.8 Å². The lowest BCUT2D eigenvalue weighted by atomic mass is 10.1. The Hall–Kier alpha value is -1.07. The van der Waals surface area contributed by atoms with Crippen LogP contribution in [0.15, 0.2) is 66.7 Å². The highest BCUT2D eigenvalue weighted by molar-refractivity contribution is 7.57. The van der Waals surface area contributed by atoms with Crippen LogP contribution in [0.25, 0.3) is 0 Å². The van der Waals surface area contributed by atoms with Crippen LogP contribution in [0, 0.1) is 0 Å². The van der Waals surface area contributed by atoms with E-state index in [0.717, 1.165) is 16.7 Å². The maximum absolute atomic E-state index is 12.8. The lowest BCUT2D eigenvalue weighted by Gasteiger charge is -2.26. The summed E-state index contributed by atoms with van der Waals surface area (Å²) in [4.78, 5) is 12.4. The van der Waals surface area contributed by atoms with Gasteiger partial charge >= 0.3 is 0 Å². The summed E-state index contributed by atoms with van der Waals surface area (Å²) in [5, 5.41) is 12.5. The number of halogens is 4. The molecule has 2 N–H and O–H groups in total. The number of hydrogen-bond acceptors (Lipinski definition) is 3. The largest absolute Gasteiger partial charge is 0.391 e. The van der Waals surface area contributed by atoms with Crippen LogP contribution in [0.4, 0.5) is 0 Å². The summed E-state index contributed by atoms with van der Waals surface area (Å²) in [6.45, 7) is 1.07. The Kier molecular flexibility index (Phi) is 9.70. The number of aliphatic hydroxyl groups is 1. The Labute approximate surface area is 214 Å². The molecule has 0 fully saturated rings. The van der Waals surface area contributed by atoms with E-state index >= 15 is 0 Å². The van der Waals surface area contributed by atoms with E-state index in [-0.39, 0.29) is 18.9 Å². The average Bonchev–Trinajstić information content (AvgIpc) is 2.73. The molecule has 1 unspecified atom stereocenters. The molecule has 0 radical (unpaired) electrons. The van der Waals surface area contributed by atoms with E-state index in [9.17, 15) is 14.6 Å². The fraction of sp³-hybridized carbons (Fsp3) is 0.250. The molecule has 0 aliphatic heterocycles. The van der Waals surface area contributed by atoms with E-state index < -0.39 is 13.5 Å². The molecule has 0 saturated carbocycles. The van der Waals surface area contributed by atoms with Crippen molar-refractivity contribution in [2.75, 3.05) is 12.7 Å². The molecule has 0 aliphatic carbocycles. The number of aliphatic hydroxyl groups excluding tert-OH is 1. The number of nitrogens with zero attached hydrogens (tertiary/aromatic N) is 1. The molecule has 0 amide bonds. The molecular formula is C24H24Cl4NO3P. The van der Waals surface area contributed by atoms with Crippen molar-refractivity contribution in [3.8, 4) is 0 Å². The zero-order valence-corrected chi connectivity index (χ0v) is 21.6. The van der Waals surface area contributed by atoms with Gasteiger partial charge in [0.2, 0.25) is 7.37 Å². The molecule has 33 heavy (non-hydrogen) atoms.